The molecule has 0 aliphatic carbocycles. The van der Waals surface area contributed by atoms with Gasteiger partial charge >= 0.3 is 0 Å². The highest BCUT2D eigenvalue weighted by Gasteiger charge is 2.11. The molecule has 0 heterocycles. The summed E-state index contributed by atoms with van der Waals surface area (Å²) in [5, 5.41) is 7.79. The summed E-state index contributed by atoms with van der Waals surface area (Å²) in [5.74, 6) is 0.723. The Hall–Kier alpha value is -0.280. The first-order valence-electron chi connectivity index (χ1n) is 7.65. The monoisotopic (exact) mass is 489 g/mol. The van der Waals surface area contributed by atoms with Gasteiger partial charge in [0.05, 0.1) is 32.4 Å². The summed E-state index contributed by atoms with van der Waals surface area (Å²) in [6, 6.07) is 5.49. The van der Waals surface area contributed by atoms with Crippen molar-refractivity contribution in [2.24, 2.45) is 4.99 Å². The van der Waals surface area contributed by atoms with E-state index >= 15 is 0 Å². The number of methoxy groups -OCH3 is 1. The van der Waals surface area contributed by atoms with Gasteiger partial charge in [-0.2, -0.15) is 0 Å². The molecule has 0 aliphatic heterocycles. The van der Waals surface area contributed by atoms with Crippen molar-refractivity contribution in [1.82, 2.24) is 10.6 Å². The molecule has 0 radical (unpaired) electrons. The van der Waals surface area contributed by atoms with Gasteiger partial charge in [-0.3, -0.25) is 4.99 Å². The lowest BCUT2D eigenvalue weighted by Gasteiger charge is -2.19. The highest BCUT2D eigenvalue weighted by atomic mass is 127. The lowest BCUT2D eigenvalue weighted by molar-refractivity contribution is 0.0748. The summed E-state index contributed by atoms with van der Waals surface area (Å²) in [6.45, 7) is 7.11. The van der Waals surface area contributed by atoms with Crippen molar-refractivity contribution >= 4 is 53.1 Å². The van der Waals surface area contributed by atoms with E-state index in [1.807, 2.05) is 26.0 Å². The highest BCUT2D eigenvalue weighted by Crippen LogP contribution is 2.25. The molecule has 0 aromatic heterocycles. The van der Waals surface area contributed by atoms with Crippen LogP contribution in [0.25, 0.3) is 0 Å². The predicted octanol–water partition coefficient (Wildman–Crippen LogP) is 3.89. The first-order chi connectivity index (χ1) is 11.1. The van der Waals surface area contributed by atoms with Crippen LogP contribution in [-0.4, -0.2) is 46.0 Å². The number of guanidine groups is 1. The number of rotatable bonds is 9. The first-order valence-corrected chi connectivity index (χ1v) is 8.40. The minimum Gasteiger partial charge on any atom is -0.382 e. The third kappa shape index (κ3) is 9.27. The van der Waals surface area contributed by atoms with Crippen LogP contribution >= 0.6 is 47.2 Å². The number of halogens is 3. The van der Waals surface area contributed by atoms with Gasteiger partial charge < -0.3 is 20.1 Å². The van der Waals surface area contributed by atoms with Gasteiger partial charge in [0.25, 0.3) is 0 Å². The molecule has 0 amide bonds. The largest absolute Gasteiger partial charge is 0.382 e. The van der Waals surface area contributed by atoms with Crippen molar-refractivity contribution in [3.8, 4) is 0 Å². The Morgan fingerprint density at radius 3 is 2.62 bits per heavy atom. The lowest BCUT2D eigenvalue weighted by Crippen LogP contribution is -2.39. The van der Waals surface area contributed by atoms with Crippen LogP contribution in [-0.2, 0) is 9.47 Å². The minimum atomic E-state index is 0. The third-order valence-corrected chi connectivity index (χ3v) is 3.63. The van der Waals surface area contributed by atoms with E-state index in [2.05, 4.69) is 15.6 Å². The van der Waals surface area contributed by atoms with E-state index in [0.717, 1.165) is 18.1 Å². The van der Waals surface area contributed by atoms with Crippen molar-refractivity contribution in [2.75, 3.05) is 40.0 Å². The Bertz CT molecular complexity index is 504. The van der Waals surface area contributed by atoms with Gasteiger partial charge in [-0.05, 0) is 31.5 Å². The smallest absolute Gasteiger partial charge is 0.191 e. The van der Waals surface area contributed by atoms with Gasteiger partial charge in [0.15, 0.2) is 5.96 Å². The normalized spacial score (nSPS) is 12.5. The zero-order valence-electron chi connectivity index (χ0n) is 14.3. The highest BCUT2D eigenvalue weighted by molar-refractivity contribution is 14.0. The van der Waals surface area contributed by atoms with E-state index in [-0.39, 0.29) is 30.0 Å². The van der Waals surface area contributed by atoms with Crippen LogP contribution in [0, 0.1) is 0 Å². The number of aliphatic imine (C=N–C) groups is 1. The van der Waals surface area contributed by atoms with Gasteiger partial charge in [-0.25, -0.2) is 0 Å². The number of ether oxygens (including phenoxy) is 2. The van der Waals surface area contributed by atoms with Crippen LogP contribution in [0.5, 0.6) is 0 Å². The maximum atomic E-state index is 6.24. The SMILES string of the molecule is CCNC(=NCCOCCOC)NC(C)c1ccc(Cl)cc1Cl.I. The number of nitrogens with zero attached hydrogens (tertiary/aromatic N) is 1. The van der Waals surface area contributed by atoms with Crippen LogP contribution in [0.2, 0.25) is 10.0 Å². The third-order valence-electron chi connectivity index (χ3n) is 3.06. The second-order valence-electron chi connectivity index (χ2n) is 4.90. The van der Waals surface area contributed by atoms with Gasteiger partial charge in [0.1, 0.15) is 0 Å². The van der Waals surface area contributed by atoms with E-state index < -0.39 is 0 Å². The molecule has 1 unspecified atom stereocenters. The Morgan fingerprint density at radius 1 is 1.25 bits per heavy atom. The number of benzene rings is 1. The second kappa shape index (κ2) is 13.9. The molecule has 24 heavy (non-hydrogen) atoms. The number of nitrogens with one attached hydrogen (secondary N) is 2. The molecule has 2 N–H and O–H groups in total. The van der Waals surface area contributed by atoms with E-state index in [0.29, 0.717) is 36.4 Å². The van der Waals surface area contributed by atoms with Crippen LogP contribution in [0.15, 0.2) is 23.2 Å². The molecule has 8 heteroatoms. The average molecular weight is 490 g/mol. The molecule has 0 bridgehead atoms. The number of hydrogen-bond donors (Lipinski definition) is 2. The Kier molecular flexibility index (Phi) is 13.8. The molecule has 0 aliphatic rings. The predicted molar refractivity (Wildman–Crippen MR) is 112 cm³/mol. The maximum Gasteiger partial charge on any atom is 0.191 e. The molecule has 138 valence electrons. The van der Waals surface area contributed by atoms with Crippen molar-refractivity contribution in [3.05, 3.63) is 33.8 Å². The summed E-state index contributed by atoms with van der Waals surface area (Å²) in [6.07, 6.45) is 0. The molecule has 1 aromatic rings. The zero-order chi connectivity index (χ0) is 17.1. The van der Waals surface area contributed by atoms with Crippen molar-refractivity contribution in [1.29, 1.82) is 0 Å². The van der Waals surface area contributed by atoms with Gasteiger partial charge in [-0.15, -0.1) is 24.0 Å². The fourth-order valence-corrected chi connectivity index (χ4v) is 2.49. The first kappa shape index (κ1) is 23.7. The molecule has 0 saturated heterocycles. The zero-order valence-corrected chi connectivity index (χ0v) is 18.1. The van der Waals surface area contributed by atoms with Crippen LogP contribution in [0.1, 0.15) is 25.5 Å². The number of hydrogen-bond acceptors (Lipinski definition) is 3. The quantitative estimate of drug-likeness (QED) is 0.239. The Labute approximate surface area is 171 Å². The summed E-state index contributed by atoms with van der Waals surface area (Å²) in [4.78, 5) is 4.48. The van der Waals surface area contributed by atoms with Crippen LogP contribution in [0.4, 0.5) is 0 Å². The van der Waals surface area contributed by atoms with E-state index in [4.69, 9.17) is 32.7 Å². The summed E-state index contributed by atoms with van der Waals surface area (Å²) < 4.78 is 10.3. The molecule has 1 atom stereocenters. The fourth-order valence-electron chi connectivity index (χ4n) is 1.92. The van der Waals surface area contributed by atoms with Crippen molar-refractivity contribution < 1.29 is 9.47 Å². The maximum absolute atomic E-state index is 6.24. The molecule has 0 spiro atoms. The van der Waals surface area contributed by atoms with E-state index in [1.165, 1.54) is 0 Å². The minimum absolute atomic E-state index is 0. The molecule has 1 aromatic carbocycles. The topological polar surface area (TPSA) is 54.9 Å². The molecular weight excluding hydrogens is 464 g/mol. The molecule has 0 fully saturated rings. The lowest BCUT2D eigenvalue weighted by atomic mass is 10.1. The van der Waals surface area contributed by atoms with Crippen LogP contribution in [0.3, 0.4) is 0 Å². The van der Waals surface area contributed by atoms with Crippen molar-refractivity contribution in [3.63, 3.8) is 0 Å². The molecular formula is C16H26Cl2IN3O2. The summed E-state index contributed by atoms with van der Waals surface area (Å²) >= 11 is 12.2. The van der Waals surface area contributed by atoms with Crippen LogP contribution < -0.4 is 10.6 Å². The van der Waals surface area contributed by atoms with Gasteiger partial charge in [0.2, 0.25) is 0 Å². The Balaban J connectivity index is 0.00000529. The van der Waals surface area contributed by atoms with E-state index in [1.54, 1.807) is 13.2 Å². The van der Waals surface area contributed by atoms with Gasteiger partial charge in [-0.1, -0.05) is 29.3 Å². The molecule has 1 rings (SSSR count). The molecule has 0 saturated carbocycles. The Morgan fingerprint density at radius 2 is 2.00 bits per heavy atom. The van der Waals surface area contributed by atoms with E-state index in [9.17, 15) is 0 Å². The fraction of sp³-hybridized carbons (Fsp3) is 0.562. The summed E-state index contributed by atoms with van der Waals surface area (Å²) in [5.41, 5.74) is 0.970. The molecule has 5 nitrogen and oxygen atoms in total. The second-order valence-corrected chi connectivity index (χ2v) is 5.74. The summed E-state index contributed by atoms with van der Waals surface area (Å²) in [7, 11) is 1.65. The van der Waals surface area contributed by atoms with Crippen molar-refractivity contribution in [2.45, 2.75) is 19.9 Å². The standard InChI is InChI=1S/C16H25Cl2N3O2.HI/c1-4-19-16(20-7-8-23-10-9-22-3)21-12(2)14-6-5-13(17)11-15(14)18;/h5-6,11-12H,4,7-10H2,1-3H3,(H2,19,20,21);1H. The average Bonchev–Trinajstić information content (AvgIpc) is 2.50. The van der Waals surface area contributed by atoms with Gasteiger partial charge in [0, 0.05) is 23.7 Å².